The van der Waals surface area contributed by atoms with Crippen LogP contribution in [0.1, 0.15) is 6.42 Å². The summed E-state index contributed by atoms with van der Waals surface area (Å²) in [5.41, 5.74) is 4.55. The lowest BCUT2D eigenvalue weighted by atomic mass is 10.3. The Morgan fingerprint density at radius 2 is 2.33 bits per heavy atom. The summed E-state index contributed by atoms with van der Waals surface area (Å²) in [6, 6.07) is 8.33. The molecule has 0 aliphatic carbocycles. The molecule has 12 heavy (non-hydrogen) atoms. The first-order valence-corrected chi connectivity index (χ1v) is 4.92. The highest BCUT2D eigenvalue weighted by molar-refractivity contribution is 9.10. The van der Waals surface area contributed by atoms with Gasteiger partial charge in [0.25, 0.3) is 0 Å². The molecule has 2 rings (SSSR count). The third-order valence-electron chi connectivity index (χ3n) is 1.98. The van der Waals surface area contributed by atoms with Crippen LogP contribution in [-0.2, 0) is 0 Å². The molecule has 1 aromatic carbocycles. The Hall–Kier alpha value is -0.540. The van der Waals surface area contributed by atoms with E-state index in [1.165, 1.54) is 12.1 Å². The minimum absolute atomic E-state index is 1.09. The molecule has 0 saturated carbocycles. The van der Waals surface area contributed by atoms with Crippen LogP contribution in [0.2, 0.25) is 0 Å². The van der Waals surface area contributed by atoms with Crippen LogP contribution in [-0.4, -0.2) is 13.1 Å². The second-order valence-electron chi connectivity index (χ2n) is 2.89. The molecule has 0 amide bonds. The van der Waals surface area contributed by atoms with Gasteiger partial charge in [-0.3, -0.25) is 0 Å². The lowest BCUT2D eigenvalue weighted by Crippen LogP contribution is -2.30. The molecular formula is C9H11BrN2. The summed E-state index contributed by atoms with van der Waals surface area (Å²) in [4.78, 5) is 0. The second-order valence-corrected chi connectivity index (χ2v) is 3.81. The number of halogens is 1. The average Bonchev–Trinajstić information content (AvgIpc) is 2.56. The third-order valence-corrected chi connectivity index (χ3v) is 2.47. The molecule has 1 saturated heterocycles. The van der Waals surface area contributed by atoms with Crippen molar-refractivity contribution in [3.63, 3.8) is 0 Å². The summed E-state index contributed by atoms with van der Waals surface area (Å²) in [5, 5.41) is 2.19. The maximum atomic E-state index is 3.45. The maximum absolute atomic E-state index is 3.45. The predicted octanol–water partition coefficient (Wildman–Crippen LogP) is 2.16. The van der Waals surface area contributed by atoms with Crippen molar-refractivity contribution in [2.45, 2.75) is 6.42 Å². The van der Waals surface area contributed by atoms with Crippen molar-refractivity contribution >= 4 is 21.6 Å². The van der Waals surface area contributed by atoms with Crippen LogP contribution in [0.3, 0.4) is 0 Å². The monoisotopic (exact) mass is 226 g/mol. The fourth-order valence-corrected chi connectivity index (χ4v) is 1.78. The minimum atomic E-state index is 1.09. The summed E-state index contributed by atoms with van der Waals surface area (Å²) in [7, 11) is 0. The van der Waals surface area contributed by atoms with E-state index in [0.29, 0.717) is 0 Å². The zero-order chi connectivity index (χ0) is 8.39. The van der Waals surface area contributed by atoms with Gasteiger partial charge in [-0.05, 0) is 24.6 Å². The minimum Gasteiger partial charge on any atom is -0.308 e. The van der Waals surface area contributed by atoms with Gasteiger partial charge in [0.15, 0.2) is 0 Å². The highest BCUT2D eigenvalue weighted by Gasteiger charge is 2.10. The van der Waals surface area contributed by atoms with Crippen molar-refractivity contribution in [3.05, 3.63) is 28.7 Å². The van der Waals surface area contributed by atoms with Crippen LogP contribution >= 0.6 is 15.9 Å². The normalized spacial score (nSPS) is 16.9. The summed E-state index contributed by atoms with van der Waals surface area (Å²) >= 11 is 3.45. The summed E-state index contributed by atoms with van der Waals surface area (Å²) < 4.78 is 1.13. The van der Waals surface area contributed by atoms with E-state index in [0.717, 1.165) is 17.6 Å². The van der Waals surface area contributed by atoms with Crippen molar-refractivity contribution < 1.29 is 0 Å². The Kier molecular flexibility index (Phi) is 2.33. The number of benzene rings is 1. The zero-order valence-corrected chi connectivity index (χ0v) is 8.34. The Morgan fingerprint density at radius 3 is 3.00 bits per heavy atom. The lowest BCUT2D eigenvalue weighted by Gasteiger charge is -2.17. The number of nitrogens with one attached hydrogen (secondary N) is 1. The topological polar surface area (TPSA) is 15.3 Å². The van der Waals surface area contributed by atoms with Gasteiger partial charge in [0.05, 0.1) is 5.69 Å². The number of hydrogen-bond acceptors (Lipinski definition) is 2. The molecular weight excluding hydrogens is 216 g/mol. The van der Waals surface area contributed by atoms with Crippen LogP contribution in [0.25, 0.3) is 0 Å². The van der Waals surface area contributed by atoms with Crippen molar-refractivity contribution in [3.8, 4) is 0 Å². The number of rotatable bonds is 1. The van der Waals surface area contributed by atoms with Gasteiger partial charge in [-0.25, -0.2) is 5.43 Å². The first kappa shape index (κ1) is 8.08. The molecule has 0 unspecified atom stereocenters. The first-order valence-electron chi connectivity index (χ1n) is 4.13. The number of hydrazine groups is 1. The summed E-state index contributed by atoms with van der Waals surface area (Å²) in [6.07, 6.45) is 1.23. The van der Waals surface area contributed by atoms with Gasteiger partial charge in [-0.15, -0.1) is 0 Å². The van der Waals surface area contributed by atoms with Crippen molar-refractivity contribution in [2.24, 2.45) is 0 Å². The first-order chi connectivity index (χ1) is 5.86. The van der Waals surface area contributed by atoms with Crippen LogP contribution in [0.4, 0.5) is 5.69 Å². The Bertz CT molecular complexity index is 269. The van der Waals surface area contributed by atoms with E-state index < -0.39 is 0 Å². The van der Waals surface area contributed by atoms with Crippen LogP contribution in [0, 0.1) is 0 Å². The number of anilines is 1. The van der Waals surface area contributed by atoms with E-state index in [1.807, 2.05) is 6.07 Å². The van der Waals surface area contributed by atoms with Gasteiger partial charge in [-0.2, -0.15) is 0 Å². The Morgan fingerprint density at radius 1 is 1.42 bits per heavy atom. The van der Waals surface area contributed by atoms with Crippen molar-refractivity contribution in [1.29, 1.82) is 0 Å². The van der Waals surface area contributed by atoms with Crippen molar-refractivity contribution in [2.75, 3.05) is 18.1 Å². The van der Waals surface area contributed by atoms with E-state index in [2.05, 4.69) is 44.6 Å². The molecule has 1 aliphatic heterocycles. The summed E-state index contributed by atoms with van der Waals surface area (Å²) in [6.45, 7) is 2.20. The van der Waals surface area contributed by atoms with Gasteiger partial charge in [-0.1, -0.05) is 22.0 Å². The molecule has 1 heterocycles. The molecule has 1 fully saturated rings. The summed E-state index contributed by atoms with van der Waals surface area (Å²) in [5.74, 6) is 0. The highest BCUT2D eigenvalue weighted by Crippen LogP contribution is 2.19. The molecule has 64 valence electrons. The molecule has 0 spiro atoms. The van der Waals surface area contributed by atoms with Crippen LogP contribution < -0.4 is 10.4 Å². The van der Waals surface area contributed by atoms with Crippen LogP contribution in [0.15, 0.2) is 28.7 Å². The molecule has 3 heteroatoms. The van der Waals surface area contributed by atoms with Gasteiger partial charge in [0.2, 0.25) is 0 Å². The molecule has 0 aromatic heterocycles. The van der Waals surface area contributed by atoms with E-state index in [4.69, 9.17) is 0 Å². The fourth-order valence-electron chi connectivity index (χ4n) is 1.39. The number of nitrogens with zero attached hydrogens (tertiary/aromatic N) is 1. The van der Waals surface area contributed by atoms with Gasteiger partial charge in [0.1, 0.15) is 0 Å². The van der Waals surface area contributed by atoms with Crippen LogP contribution in [0.5, 0.6) is 0 Å². The predicted molar refractivity (Wildman–Crippen MR) is 54.1 cm³/mol. The lowest BCUT2D eigenvalue weighted by molar-refractivity contribution is 0.787. The van der Waals surface area contributed by atoms with Gasteiger partial charge in [0, 0.05) is 17.6 Å². The van der Waals surface area contributed by atoms with E-state index in [9.17, 15) is 0 Å². The zero-order valence-electron chi connectivity index (χ0n) is 6.76. The van der Waals surface area contributed by atoms with E-state index in [1.54, 1.807) is 0 Å². The van der Waals surface area contributed by atoms with E-state index in [-0.39, 0.29) is 0 Å². The third kappa shape index (κ3) is 1.62. The van der Waals surface area contributed by atoms with Gasteiger partial charge < -0.3 is 5.01 Å². The number of hydrogen-bond donors (Lipinski definition) is 1. The Labute approximate surface area is 80.7 Å². The van der Waals surface area contributed by atoms with Gasteiger partial charge >= 0.3 is 0 Å². The average molecular weight is 227 g/mol. The van der Waals surface area contributed by atoms with E-state index >= 15 is 0 Å². The maximum Gasteiger partial charge on any atom is 0.0530 e. The largest absolute Gasteiger partial charge is 0.308 e. The highest BCUT2D eigenvalue weighted by atomic mass is 79.9. The molecule has 1 N–H and O–H groups in total. The van der Waals surface area contributed by atoms with Crippen molar-refractivity contribution in [1.82, 2.24) is 5.43 Å². The smallest absolute Gasteiger partial charge is 0.0530 e. The molecule has 0 bridgehead atoms. The second kappa shape index (κ2) is 3.46. The molecule has 1 aliphatic rings. The Balaban J connectivity index is 2.21. The molecule has 2 nitrogen and oxygen atoms in total. The molecule has 1 aromatic rings. The SMILES string of the molecule is Brc1cccc(N2CCCN2)c1. The quantitative estimate of drug-likeness (QED) is 0.790. The molecule has 0 radical (unpaired) electrons. The standard InChI is InChI=1S/C9H11BrN2/c10-8-3-1-4-9(7-8)12-6-2-5-11-12/h1,3-4,7,11H,2,5-6H2. The fraction of sp³-hybridized carbons (Fsp3) is 0.333. The molecule has 0 atom stereocenters.